The zero-order valence-electron chi connectivity index (χ0n) is 11.5. The fourth-order valence-corrected chi connectivity index (χ4v) is 2.23. The molecule has 1 aromatic heterocycles. The summed E-state index contributed by atoms with van der Waals surface area (Å²) in [7, 11) is 0. The molecule has 2 rings (SSSR count). The average molecular weight is 347 g/mol. The van der Waals surface area contributed by atoms with Crippen molar-refractivity contribution in [2.75, 3.05) is 6.61 Å². The van der Waals surface area contributed by atoms with Crippen molar-refractivity contribution in [1.82, 2.24) is 19.8 Å². The van der Waals surface area contributed by atoms with Gasteiger partial charge in [-0.05, 0) is 22.9 Å². The van der Waals surface area contributed by atoms with Crippen LogP contribution in [0, 0.1) is 0 Å². The van der Waals surface area contributed by atoms with Gasteiger partial charge in [0.25, 0.3) is 0 Å². The van der Waals surface area contributed by atoms with E-state index < -0.39 is 18.3 Å². The van der Waals surface area contributed by atoms with Crippen molar-refractivity contribution >= 4 is 29.2 Å². The monoisotopic (exact) mass is 346 g/mol. The van der Waals surface area contributed by atoms with E-state index in [2.05, 4.69) is 10.4 Å². The Kier molecular flexibility index (Phi) is 5.04. The minimum absolute atomic E-state index is 0.0837. The summed E-state index contributed by atoms with van der Waals surface area (Å²) >= 11 is 12.0. The zero-order valence-corrected chi connectivity index (χ0v) is 13.0. The molecule has 1 aromatic carbocycles. The number of nitrogens with zero attached hydrogens (tertiary/aromatic N) is 4. The normalized spacial score (nSPS) is 10.7. The number of aliphatic carboxylic acids is 1. The number of benzene rings is 1. The second-order valence-electron chi connectivity index (χ2n) is 4.31. The first-order valence-electron chi connectivity index (χ1n) is 6.31. The second kappa shape index (κ2) is 6.80. The number of tetrazole rings is 1. The number of rotatable bonds is 6. The summed E-state index contributed by atoms with van der Waals surface area (Å²) in [6, 6.07) is 2.70. The maximum absolute atomic E-state index is 12.1. The SMILES string of the molecule is CCCn1nnn(-c2cc(OCC(=O)O)c(Cl)cc2Cl)c1=O. The van der Waals surface area contributed by atoms with E-state index in [4.69, 9.17) is 33.0 Å². The van der Waals surface area contributed by atoms with Gasteiger partial charge >= 0.3 is 11.7 Å². The van der Waals surface area contributed by atoms with Crippen LogP contribution >= 0.6 is 23.2 Å². The number of halogens is 2. The summed E-state index contributed by atoms with van der Waals surface area (Å²) in [5.41, 5.74) is -0.255. The Morgan fingerprint density at radius 3 is 2.68 bits per heavy atom. The molecule has 0 aliphatic heterocycles. The summed E-state index contributed by atoms with van der Waals surface area (Å²) in [6.07, 6.45) is 0.722. The van der Waals surface area contributed by atoms with Crippen LogP contribution < -0.4 is 10.4 Å². The Balaban J connectivity index is 2.44. The number of hydrogen-bond acceptors (Lipinski definition) is 5. The Morgan fingerprint density at radius 1 is 1.32 bits per heavy atom. The van der Waals surface area contributed by atoms with Crippen molar-refractivity contribution in [3.8, 4) is 11.4 Å². The summed E-state index contributed by atoms with van der Waals surface area (Å²) in [4.78, 5) is 22.7. The van der Waals surface area contributed by atoms with Gasteiger partial charge in [-0.1, -0.05) is 30.1 Å². The molecule has 10 heteroatoms. The molecule has 0 spiro atoms. The van der Waals surface area contributed by atoms with Gasteiger partial charge in [-0.25, -0.2) is 9.59 Å². The molecule has 0 atom stereocenters. The fourth-order valence-electron chi connectivity index (χ4n) is 1.71. The van der Waals surface area contributed by atoms with Gasteiger partial charge in [0.05, 0.1) is 15.7 Å². The van der Waals surface area contributed by atoms with Gasteiger partial charge in [0.2, 0.25) is 0 Å². The lowest BCUT2D eigenvalue weighted by Gasteiger charge is -2.09. The van der Waals surface area contributed by atoms with Gasteiger partial charge in [-0.2, -0.15) is 9.36 Å². The highest BCUT2D eigenvalue weighted by atomic mass is 35.5. The molecule has 0 radical (unpaired) electrons. The standard InChI is InChI=1S/C12H12Cl2N4O4/c1-2-3-17-12(21)18(16-15-17)9-5-10(22-6-11(19)20)8(14)4-7(9)13/h4-5H,2-3,6H2,1H3,(H,19,20). The summed E-state index contributed by atoms with van der Waals surface area (Å²) in [5.74, 6) is -1.07. The topological polar surface area (TPSA) is 99.2 Å². The number of carboxylic acids is 1. The van der Waals surface area contributed by atoms with Crippen LogP contribution in [0.2, 0.25) is 10.0 Å². The molecule has 118 valence electrons. The van der Waals surface area contributed by atoms with E-state index in [9.17, 15) is 9.59 Å². The fraction of sp³-hybridized carbons (Fsp3) is 0.333. The van der Waals surface area contributed by atoms with Crippen molar-refractivity contribution in [2.45, 2.75) is 19.9 Å². The quantitative estimate of drug-likeness (QED) is 0.852. The minimum Gasteiger partial charge on any atom is -0.480 e. The van der Waals surface area contributed by atoms with Crippen molar-refractivity contribution in [3.63, 3.8) is 0 Å². The van der Waals surface area contributed by atoms with E-state index >= 15 is 0 Å². The molecular formula is C12H12Cl2N4O4. The number of carbonyl (C=O) groups is 1. The van der Waals surface area contributed by atoms with E-state index in [0.29, 0.717) is 6.54 Å². The molecule has 1 N–H and O–H groups in total. The van der Waals surface area contributed by atoms with E-state index in [1.165, 1.54) is 16.8 Å². The van der Waals surface area contributed by atoms with Crippen molar-refractivity contribution < 1.29 is 14.6 Å². The highest BCUT2D eigenvalue weighted by Gasteiger charge is 2.16. The number of aromatic nitrogens is 4. The van der Waals surface area contributed by atoms with Gasteiger partial charge in [-0.15, -0.1) is 0 Å². The van der Waals surface area contributed by atoms with Crippen LogP contribution in [0.15, 0.2) is 16.9 Å². The largest absolute Gasteiger partial charge is 0.480 e. The van der Waals surface area contributed by atoms with Crippen LogP contribution in [-0.4, -0.2) is 37.5 Å². The first-order valence-corrected chi connectivity index (χ1v) is 7.06. The average Bonchev–Trinajstić information content (AvgIpc) is 2.80. The minimum atomic E-state index is -1.15. The molecule has 0 bridgehead atoms. The maximum Gasteiger partial charge on any atom is 0.368 e. The van der Waals surface area contributed by atoms with E-state index in [-0.39, 0.29) is 21.5 Å². The third-order valence-corrected chi connectivity index (χ3v) is 3.25. The Hall–Kier alpha value is -2.06. The highest BCUT2D eigenvalue weighted by molar-refractivity contribution is 6.36. The molecule has 2 aromatic rings. The highest BCUT2D eigenvalue weighted by Crippen LogP contribution is 2.32. The molecule has 0 amide bonds. The summed E-state index contributed by atoms with van der Waals surface area (Å²) in [6.45, 7) is 1.75. The van der Waals surface area contributed by atoms with E-state index in [1.54, 1.807) is 0 Å². The predicted molar refractivity (Wildman–Crippen MR) is 79.1 cm³/mol. The molecular weight excluding hydrogens is 335 g/mol. The first-order chi connectivity index (χ1) is 10.4. The molecule has 0 saturated carbocycles. The van der Waals surface area contributed by atoms with Crippen LogP contribution in [0.1, 0.15) is 13.3 Å². The van der Waals surface area contributed by atoms with Crippen molar-refractivity contribution in [1.29, 1.82) is 0 Å². The molecule has 8 nitrogen and oxygen atoms in total. The third-order valence-electron chi connectivity index (χ3n) is 2.66. The lowest BCUT2D eigenvalue weighted by Crippen LogP contribution is -2.24. The Morgan fingerprint density at radius 2 is 2.05 bits per heavy atom. The second-order valence-corrected chi connectivity index (χ2v) is 5.13. The van der Waals surface area contributed by atoms with E-state index in [0.717, 1.165) is 11.1 Å². The third kappa shape index (κ3) is 3.40. The smallest absolute Gasteiger partial charge is 0.368 e. The van der Waals surface area contributed by atoms with Gasteiger partial charge in [0.1, 0.15) is 5.75 Å². The van der Waals surface area contributed by atoms with Crippen LogP contribution in [0.25, 0.3) is 5.69 Å². The van der Waals surface area contributed by atoms with Crippen LogP contribution in [-0.2, 0) is 11.3 Å². The number of hydrogen-bond donors (Lipinski definition) is 1. The molecule has 0 aliphatic carbocycles. The van der Waals surface area contributed by atoms with Crippen molar-refractivity contribution in [2.24, 2.45) is 0 Å². The number of ether oxygens (including phenoxy) is 1. The van der Waals surface area contributed by atoms with Gasteiger partial charge in [0.15, 0.2) is 6.61 Å². The van der Waals surface area contributed by atoms with Crippen molar-refractivity contribution in [3.05, 3.63) is 32.7 Å². The lowest BCUT2D eigenvalue weighted by atomic mass is 10.3. The van der Waals surface area contributed by atoms with Crippen LogP contribution in [0.3, 0.4) is 0 Å². The van der Waals surface area contributed by atoms with Gasteiger partial charge in [-0.3, -0.25) is 0 Å². The maximum atomic E-state index is 12.1. The molecule has 0 fully saturated rings. The Labute approximate surface area is 134 Å². The molecule has 0 aliphatic rings. The summed E-state index contributed by atoms with van der Waals surface area (Å²) in [5, 5.41) is 16.4. The summed E-state index contributed by atoms with van der Waals surface area (Å²) < 4.78 is 7.25. The molecule has 0 unspecified atom stereocenters. The first kappa shape index (κ1) is 16.3. The van der Waals surface area contributed by atoms with Crippen LogP contribution in [0.5, 0.6) is 5.75 Å². The Bertz CT molecular complexity index is 756. The number of aryl methyl sites for hydroxylation is 1. The predicted octanol–water partition coefficient (Wildman–Crippen LogP) is 1.61. The molecule has 1 heterocycles. The lowest BCUT2D eigenvalue weighted by molar-refractivity contribution is -0.139. The molecule has 0 saturated heterocycles. The van der Waals surface area contributed by atoms with Crippen LogP contribution in [0.4, 0.5) is 0 Å². The zero-order chi connectivity index (χ0) is 16.3. The molecule has 22 heavy (non-hydrogen) atoms. The van der Waals surface area contributed by atoms with Gasteiger partial charge < -0.3 is 9.84 Å². The van der Waals surface area contributed by atoms with Gasteiger partial charge in [0, 0.05) is 12.6 Å². The van der Waals surface area contributed by atoms with E-state index in [1.807, 2.05) is 6.92 Å². The number of carboxylic acid groups (broad SMARTS) is 1.